The summed E-state index contributed by atoms with van der Waals surface area (Å²) in [4.78, 5) is 12.8. The molecule has 1 N–H and O–H groups in total. The number of aliphatic carboxylic acids is 1. The molecule has 4 heteroatoms. The van der Waals surface area contributed by atoms with Crippen molar-refractivity contribution in [2.75, 3.05) is 19.6 Å². The molecule has 0 aromatic heterocycles. The van der Waals surface area contributed by atoms with Crippen LogP contribution < -0.4 is 0 Å². The molecule has 1 atom stereocenters. The number of carbonyl (C=O) groups is 1. The molecule has 2 aliphatic rings. The molecule has 1 aliphatic heterocycles. The van der Waals surface area contributed by atoms with Crippen molar-refractivity contribution in [2.45, 2.75) is 63.6 Å². The molecule has 4 nitrogen and oxygen atoms in total. The smallest absolute Gasteiger partial charge is 0.304 e. The van der Waals surface area contributed by atoms with Crippen LogP contribution in [0.2, 0.25) is 0 Å². The molecule has 1 saturated carbocycles. The average molecular weight is 255 g/mol. The lowest BCUT2D eigenvalue weighted by Crippen LogP contribution is -2.42. The van der Waals surface area contributed by atoms with E-state index in [1.54, 1.807) is 0 Å². The van der Waals surface area contributed by atoms with E-state index < -0.39 is 5.97 Å². The predicted octanol–water partition coefficient (Wildman–Crippen LogP) is 2.27. The number of rotatable bonds is 5. The largest absolute Gasteiger partial charge is 0.481 e. The first-order valence-corrected chi connectivity index (χ1v) is 7.33. The molecule has 2 rings (SSSR count). The zero-order valence-corrected chi connectivity index (χ0v) is 11.1. The summed E-state index contributed by atoms with van der Waals surface area (Å²) >= 11 is 0. The van der Waals surface area contributed by atoms with Crippen LogP contribution in [0.5, 0.6) is 0 Å². The molecule has 1 unspecified atom stereocenters. The third-order valence-electron chi connectivity index (χ3n) is 4.04. The summed E-state index contributed by atoms with van der Waals surface area (Å²) < 4.78 is 6.18. The van der Waals surface area contributed by atoms with Crippen molar-refractivity contribution in [2.24, 2.45) is 0 Å². The Bertz CT molecular complexity index is 264. The molecule has 0 aromatic rings. The molecule has 18 heavy (non-hydrogen) atoms. The fourth-order valence-electron chi connectivity index (χ4n) is 3.05. The Kier molecular flexibility index (Phi) is 5.45. The van der Waals surface area contributed by atoms with E-state index in [9.17, 15) is 4.79 Å². The minimum Gasteiger partial charge on any atom is -0.481 e. The Morgan fingerprint density at radius 1 is 1.11 bits per heavy atom. The molecule has 0 radical (unpaired) electrons. The second-order valence-corrected chi connectivity index (χ2v) is 5.60. The van der Waals surface area contributed by atoms with Crippen LogP contribution >= 0.6 is 0 Å². The highest BCUT2D eigenvalue weighted by Gasteiger charge is 2.24. The highest BCUT2D eigenvalue weighted by atomic mass is 16.5. The number of carboxylic acid groups (broad SMARTS) is 1. The zero-order chi connectivity index (χ0) is 12.8. The lowest BCUT2D eigenvalue weighted by Gasteiger charge is -2.35. The average Bonchev–Trinajstić information content (AvgIpc) is 2.38. The van der Waals surface area contributed by atoms with Crippen LogP contribution in [-0.4, -0.2) is 47.8 Å². The van der Waals surface area contributed by atoms with Crippen molar-refractivity contribution >= 4 is 5.97 Å². The molecular formula is C14H25NO3. The predicted molar refractivity (Wildman–Crippen MR) is 69.7 cm³/mol. The van der Waals surface area contributed by atoms with Crippen molar-refractivity contribution < 1.29 is 14.6 Å². The summed E-state index contributed by atoms with van der Waals surface area (Å²) in [7, 11) is 0. The molecule has 0 spiro atoms. The van der Waals surface area contributed by atoms with Gasteiger partial charge in [0.15, 0.2) is 0 Å². The normalized spacial score (nSPS) is 27.2. The third kappa shape index (κ3) is 4.58. The highest BCUT2D eigenvalue weighted by molar-refractivity contribution is 5.66. The fourth-order valence-corrected chi connectivity index (χ4v) is 3.05. The van der Waals surface area contributed by atoms with Gasteiger partial charge in [-0.3, -0.25) is 4.79 Å². The topological polar surface area (TPSA) is 49.8 Å². The van der Waals surface area contributed by atoms with Gasteiger partial charge in [0.1, 0.15) is 0 Å². The number of nitrogens with zero attached hydrogens (tertiary/aromatic N) is 1. The van der Waals surface area contributed by atoms with E-state index in [-0.39, 0.29) is 6.42 Å². The molecular weight excluding hydrogens is 230 g/mol. The zero-order valence-electron chi connectivity index (χ0n) is 11.1. The molecule has 2 fully saturated rings. The van der Waals surface area contributed by atoms with E-state index >= 15 is 0 Å². The van der Waals surface area contributed by atoms with Gasteiger partial charge >= 0.3 is 5.97 Å². The number of carboxylic acids is 1. The SMILES string of the molecule is O=C(O)CCN1CCCC(OC2CCCCC2)C1. The van der Waals surface area contributed by atoms with Crippen LogP contribution in [-0.2, 0) is 9.53 Å². The molecule has 0 amide bonds. The van der Waals surface area contributed by atoms with Gasteiger partial charge in [0.05, 0.1) is 18.6 Å². The number of piperidine rings is 1. The molecule has 1 heterocycles. The lowest BCUT2D eigenvalue weighted by atomic mass is 9.97. The molecule has 104 valence electrons. The van der Waals surface area contributed by atoms with Gasteiger partial charge < -0.3 is 14.7 Å². The van der Waals surface area contributed by atoms with E-state index in [0.29, 0.717) is 18.8 Å². The Labute approximate surface area is 109 Å². The Morgan fingerprint density at radius 3 is 2.56 bits per heavy atom. The van der Waals surface area contributed by atoms with Gasteiger partial charge in [0.25, 0.3) is 0 Å². The lowest BCUT2D eigenvalue weighted by molar-refractivity contribution is -0.137. The second-order valence-electron chi connectivity index (χ2n) is 5.60. The molecule has 0 bridgehead atoms. The number of ether oxygens (including phenoxy) is 1. The van der Waals surface area contributed by atoms with Gasteiger partial charge in [-0.25, -0.2) is 0 Å². The third-order valence-corrected chi connectivity index (χ3v) is 4.04. The summed E-state index contributed by atoms with van der Waals surface area (Å²) in [6.07, 6.45) is 9.71. The van der Waals surface area contributed by atoms with Gasteiger partial charge in [0, 0.05) is 13.1 Å². The van der Waals surface area contributed by atoms with Crippen molar-refractivity contribution in [3.8, 4) is 0 Å². The van der Waals surface area contributed by atoms with Gasteiger partial charge in [-0.15, -0.1) is 0 Å². The number of likely N-dealkylation sites (tertiary alicyclic amines) is 1. The quantitative estimate of drug-likeness (QED) is 0.818. The fraction of sp³-hybridized carbons (Fsp3) is 0.929. The van der Waals surface area contributed by atoms with Crippen LogP contribution in [0.15, 0.2) is 0 Å². The Morgan fingerprint density at radius 2 is 1.83 bits per heavy atom. The maximum absolute atomic E-state index is 10.6. The van der Waals surface area contributed by atoms with E-state index in [4.69, 9.17) is 9.84 Å². The summed E-state index contributed by atoms with van der Waals surface area (Å²) in [5, 5.41) is 8.71. The van der Waals surface area contributed by atoms with Crippen molar-refractivity contribution in [3.63, 3.8) is 0 Å². The first-order valence-electron chi connectivity index (χ1n) is 7.33. The van der Waals surface area contributed by atoms with E-state index in [2.05, 4.69) is 4.90 Å². The summed E-state index contributed by atoms with van der Waals surface area (Å²) in [6, 6.07) is 0. The van der Waals surface area contributed by atoms with Gasteiger partial charge in [-0.05, 0) is 32.2 Å². The van der Waals surface area contributed by atoms with Crippen LogP contribution in [0.4, 0.5) is 0 Å². The first kappa shape index (κ1) is 13.8. The Balaban J connectivity index is 1.70. The van der Waals surface area contributed by atoms with E-state index in [1.165, 1.54) is 32.1 Å². The Hall–Kier alpha value is -0.610. The van der Waals surface area contributed by atoms with Crippen LogP contribution in [0, 0.1) is 0 Å². The first-order chi connectivity index (χ1) is 8.74. The van der Waals surface area contributed by atoms with Crippen molar-refractivity contribution in [1.29, 1.82) is 0 Å². The number of hydrogen-bond donors (Lipinski definition) is 1. The van der Waals surface area contributed by atoms with Gasteiger partial charge in [-0.2, -0.15) is 0 Å². The maximum Gasteiger partial charge on any atom is 0.304 e. The summed E-state index contributed by atoms with van der Waals surface area (Å²) in [5.41, 5.74) is 0. The maximum atomic E-state index is 10.6. The van der Waals surface area contributed by atoms with Crippen LogP contribution in [0.3, 0.4) is 0 Å². The summed E-state index contributed by atoms with van der Waals surface area (Å²) in [6.45, 7) is 2.61. The van der Waals surface area contributed by atoms with Crippen LogP contribution in [0.25, 0.3) is 0 Å². The number of hydrogen-bond acceptors (Lipinski definition) is 3. The monoisotopic (exact) mass is 255 g/mol. The minimum atomic E-state index is -0.703. The van der Waals surface area contributed by atoms with Gasteiger partial charge in [-0.1, -0.05) is 19.3 Å². The molecule has 0 aromatic carbocycles. The molecule has 1 saturated heterocycles. The second kappa shape index (κ2) is 7.10. The molecule has 1 aliphatic carbocycles. The highest BCUT2D eigenvalue weighted by Crippen LogP contribution is 2.24. The summed E-state index contributed by atoms with van der Waals surface area (Å²) in [5.74, 6) is -0.703. The van der Waals surface area contributed by atoms with Crippen molar-refractivity contribution in [1.82, 2.24) is 4.90 Å². The van der Waals surface area contributed by atoms with E-state index in [1.807, 2.05) is 0 Å². The standard InChI is InChI=1S/C14H25NO3/c16-14(17)8-10-15-9-4-7-13(11-15)18-12-5-2-1-3-6-12/h12-13H,1-11H2,(H,16,17). The van der Waals surface area contributed by atoms with Crippen LogP contribution in [0.1, 0.15) is 51.4 Å². The van der Waals surface area contributed by atoms with Gasteiger partial charge in [0.2, 0.25) is 0 Å². The van der Waals surface area contributed by atoms with Crippen molar-refractivity contribution in [3.05, 3.63) is 0 Å². The van der Waals surface area contributed by atoms with E-state index in [0.717, 1.165) is 25.9 Å². The minimum absolute atomic E-state index is 0.246.